The first-order valence-electron chi connectivity index (χ1n) is 3.83. The molecule has 0 aromatic carbocycles. The lowest BCUT2D eigenvalue weighted by molar-refractivity contribution is 0.181. The Balaban J connectivity index is 0. The molecule has 6 heteroatoms. The Morgan fingerprint density at radius 3 is 2.31 bits per heavy atom. The lowest BCUT2D eigenvalue weighted by Crippen LogP contribution is -2.38. The third kappa shape index (κ3) is 4.02. The van der Waals surface area contributed by atoms with E-state index >= 15 is 0 Å². The Labute approximate surface area is 91.3 Å². The van der Waals surface area contributed by atoms with Gasteiger partial charge in [-0.2, -0.15) is 0 Å². The minimum absolute atomic E-state index is 0. The molecule has 1 aliphatic rings. The van der Waals surface area contributed by atoms with Gasteiger partial charge in [-0.05, 0) is 6.42 Å². The molecule has 13 heavy (non-hydrogen) atoms. The molecule has 1 atom stereocenters. The predicted octanol–water partition coefficient (Wildman–Crippen LogP) is 0.545. The second kappa shape index (κ2) is 6.29. The van der Waals surface area contributed by atoms with Gasteiger partial charge in [-0.1, -0.05) is 0 Å². The lowest BCUT2D eigenvalue weighted by Gasteiger charge is -2.20. The number of nitrogens with zero attached hydrogens (tertiary/aromatic N) is 2. The van der Waals surface area contributed by atoms with Crippen molar-refractivity contribution in [2.75, 3.05) is 27.2 Å². The number of amides is 2. The largest absolute Gasteiger partial charge is 0.331 e. The summed E-state index contributed by atoms with van der Waals surface area (Å²) in [6, 6.07) is 0.247. The van der Waals surface area contributed by atoms with Crippen LogP contribution in [0.5, 0.6) is 0 Å². The van der Waals surface area contributed by atoms with E-state index in [4.69, 9.17) is 5.73 Å². The number of nitrogens with two attached hydrogens (primary N) is 1. The summed E-state index contributed by atoms with van der Waals surface area (Å²) >= 11 is 0. The molecule has 1 fully saturated rings. The minimum atomic E-state index is 0. The maximum absolute atomic E-state index is 11.3. The van der Waals surface area contributed by atoms with Crippen molar-refractivity contribution < 1.29 is 4.79 Å². The summed E-state index contributed by atoms with van der Waals surface area (Å²) in [6.07, 6.45) is 0.930. The Morgan fingerprint density at radius 1 is 1.46 bits per heavy atom. The van der Waals surface area contributed by atoms with Gasteiger partial charge in [-0.15, -0.1) is 24.8 Å². The minimum Gasteiger partial charge on any atom is -0.331 e. The molecule has 2 amide bonds. The molecule has 0 bridgehead atoms. The van der Waals surface area contributed by atoms with Crippen molar-refractivity contribution in [1.29, 1.82) is 0 Å². The SMILES string of the molecule is CN(C)C(=O)N1CCC(N)C1.Cl.Cl. The maximum Gasteiger partial charge on any atom is 0.319 e. The van der Waals surface area contributed by atoms with Crippen LogP contribution in [0, 0.1) is 0 Å². The molecular weight excluding hydrogens is 213 g/mol. The molecule has 80 valence electrons. The van der Waals surface area contributed by atoms with Gasteiger partial charge in [0.15, 0.2) is 0 Å². The van der Waals surface area contributed by atoms with Crippen LogP contribution >= 0.6 is 24.8 Å². The highest BCUT2D eigenvalue weighted by atomic mass is 35.5. The van der Waals surface area contributed by atoms with E-state index in [-0.39, 0.29) is 36.9 Å². The van der Waals surface area contributed by atoms with Crippen LogP contribution in [-0.2, 0) is 0 Å². The van der Waals surface area contributed by atoms with Crippen LogP contribution in [0.3, 0.4) is 0 Å². The first-order valence-corrected chi connectivity index (χ1v) is 3.83. The van der Waals surface area contributed by atoms with Gasteiger partial charge < -0.3 is 15.5 Å². The van der Waals surface area contributed by atoms with Gasteiger partial charge in [0.05, 0.1) is 0 Å². The third-order valence-electron chi connectivity index (χ3n) is 1.88. The fraction of sp³-hybridized carbons (Fsp3) is 0.857. The van der Waals surface area contributed by atoms with Crippen LogP contribution in [0.1, 0.15) is 6.42 Å². The number of carbonyl (C=O) groups excluding carboxylic acids is 1. The summed E-state index contributed by atoms with van der Waals surface area (Å²) in [5, 5.41) is 0. The van der Waals surface area contributed by atoms with Gasteiger partial charge >= 0.3 is 6.03 Å². The van der Waals surface area contributed by atoms with E-state index in [1.807, 2.05) is 0 Å². The standard InChI is InChI=1S/C7H15N3O.2ClH/c1-9(2)7(11)10-4-3-6(8)5-10;;/h6H,3-5,8H2,1-2H3;2*1H. The van der Waals surface area contributed by atoms with E-state index in [2.05, 4.69) is 0 Å². The van der Waals surface area contributed by atoms with Crippen molar-refractivity contribution in [2.45, 2.75) is 12.5 Å². The average Bonchev–Trinajstić information content (AvgIpc) is 2.34. The van der Waals surface area contributed by atoms with Crippen molar-refractivity contribution in [3.63, 3.8) is 0 Å². The quantitative estimate of drug-likeness (QED) is 0.660. The first kappa shape index (κ1) is 15.3. The van der Waals surface area contributed by atoms with Crippen LogP contribution in [0.2, 0.25) is 0 Å². The van der Waals surface area contributed by atoms with Crippen LogP contribution in [0.25, 0.3) is 0 Å². The van der Waals surface area contributed by atoms with Crippen LogP contribution in [-0.4, -0.2) is 49.1 Å². The molecule has 1 aliphatic heterocycles. The predicted molar refractivity (Wildman–Crippen MR) is 57.7 cm³/mol. The molecule has 1 heterocycles. The zero-order chi connectivity index (χ0) is 8.43. The molecule has 0 saturated carbocycles. The van der Waals surface area contributed by atoms with Gasteiger partial charge in [0, 0.05) is 33.2 Å². The van der Waals surface area contributed by atoms with Gasteiger partial charge in [-0.25, -0.2) is 4.79 Å². The van der Waals surface area contributed by atoms with Crippen molar-refractivity contribution in [3.05, 3.63) is 0 Å². The highest BCUT2D eigenvalue weighted by Gasteiger charge is 2.24. The van der Waals surface area contributed by atoms with Crippen LogP contribution < -0.4 is 5.73 Å². The number of likely N-dealkylation sites (tertiary alicyclic amines) is 1. The summed E-state index contributed by atoms with van der Waals surface area (Å²) in [5.41, 5.74) is 5.65. The highest BCUT2D eigenvalue weighted by molar-refractivity contribution is 5.85. The molecule has 1 rings (SSSR count). The Kier molecular flexibility index (Phi) is 7.40. The van der Waals surface area contributed by atoms with Crippen molar-refractivity contribution in [2.24, 2.45) is 5.73 Å². The number of hydrogen-bond acceptors (Lipinski definition) is 2. The molecule has 0 aromatic heterocycles. The number of carbonyl (C=O) groups is 1. The monoisotopic (exact) mass is 229 g/mol. The number of hydrogen-bond donors (Lipinski definition) is 1. The molecule has 1 unspecified atom stereocenters. The van der Waals surface area contributed by atoms with E-state index in [9.17, 15) is 4.79 Å². The molecule has 0 aliphatic carbocycles. The first-order chi connectivity index (χ1) is 5.11. The molecule has 0 aromatic rings. The molecule has 4 nitrogen and oxygen atoms in total. The molecule has 0 spiro atoms. The van der Waals surface area contributed by atoms with E-state index in [0.717, 1.165) is 13.0 Å². The fourth-order valence-corrected chi connectivity index (χ4v) is 1.24. The number of halogens is 2. The van der Waals surface area contributed by atoms with E-state index in [1.54, 1.807) is 23.9 Å². The van der Waals surface area contributed by atoms with Gasteiger partial charge in [0.2, 0.25) is 0 Å². The summed E-state index contributed by atoms with van der Waals surface area (Å²) in [6.45, 7) is 1.51. The highest BCUT2D eigenvalue weighted by Crippen LogP contribution is 2.07. The maximum atomic E-state index is 11.3. The van der Waals surface area contributed by atoms with Crippen molar-refractivity contribution >= 4 is 30.8 Å². The number of rotatable bonds is 0. The summed E-state index contributed by atoms with van der Waals surface area (Å²) < 4.78 is 0. The van der Waals surface area contributed by atoms with Gasteiger partial charge in [-0.3, -0.25) is 0 Å². The zero-order valence-corrected chi connectivity index (χ0v) is 9.53. The summed E-state index contributed by atoms with van der Waals surface area (Å²) in [4.78, 5) is 14.7. The molecule has 0 radical (unpaired) electrons. The molecule has 1 saturated heterocycles. The lowest BCUT2D eigenvalue weighted by atomic mass is 10.3. The Hall–Kier alpha value is -0.190. The third-order valence-corrected chi connectivity index (χ3v) is 1.88. The molecule has 2 N–H and O–H groups in total. The molecular formula is C7H17Cl2N3O. The van der Waals surface area contributed by atoms with Crippen molar-refractivity contribution in [3.8, 4) is 0 Å². The zero-order valence-electron chi connectivity index (χ0n) is 7.90. The second-order valence-electron chi connectivity index (χ2n) is 3.17. The smallest absolute Gasteiger partial charge is 0.319 e. The fourth-order valence-electron chi connectivity index (χ4n) is 1.24. The normalized spacial score (nSPS) is 20.2. The topological polar surface area (TPSA) is 49.6 Å². The van der Waals surface area contributed by atoms with Crippen LogP contribution in [0.15, 0.2) is 0 Å². The Bertz CT molecular complexity index is 166. The van der Waals surface area contributed by atoms with E-state index < -0.39 is 0 Å². The van der Waals surface area contributed by atoms with Gasteiger partial charge in [0.25, 0.3) is 0 Å². The average molecular weight is 230 g/mol. The van der Waals surface area contributed by atoms with E-state index in [1.165, 1.54) is 0 Å². The van der Waals surface area contributed by atoms with Crippen LogP contribution in [0.4, 0.5) is 4.79 Å². The van der Waals surface area contributed by atoms with E-state index in [0.29, 0.717) is 6.54 Å². The second-order valence-corrected chi connectivity index (χ2v) is 3.17. The number of urea groups is 1. The summed E-state index contributed by atoms with van der Waals surface area (Å²) in [5.74, 6) is 0. The van der Waals surface area contributed by atoms with Gasteiger partial charge in [0.1, 0.15) is 0 Å². The Morgan fingerprint density at radius 2 is 2.00 bits per heavy atom. The summed E-state index contributed by atoms with van der Waals surface area (Å²) in [7, 11) is 3.51. The van der Waals surface area contributed by atoms with Crippen molar-refractivity contribution in [1.82, 2.24) is 9.80 Å².